The summed E-state index contributed by atoms with van der Waals surface area (Å²) in [7, 11) is 0. The highest BCUT2D eigenvalue weighted by Crippen LogP contribution is 2.23. The van der Waals surface area contributed by atoms with Crippen LogP contribution in [-0.2, 0) is 6.61 Å². The van der Waals surface area contributed by atoms with E-state index in [1.807, 2.05) is 61.5 Å². The van der Waals surface area contributed by atoms with Gasteiger partial charge in [0, 0.05) is 0 Å². The Balaban J connectivity index is 2.05. The Kier molecular flexibility index (Phi) is 4.58. The van der Waals surface area contributed by atoms with Gasteiger partial charge < -0.3 is 4.74 Å². The molecule has 2 nitrogen and oxygen atoms in total. The zero-order valence-corrected chi connectivity index (χ0v) is 11.0. The molecule has 19 heavy (non-hydrogen) atoms. The van der Waals surface area contributed by atoms with Crippen molar-refractivity contribution >= 4 is 0 Å². The van der Waals surface area contributed by atoms with E-state index in [2.05, 4.69) is 6.07 Å². The Labute approximate surface area is 114 Å². The largest absolute Gasteiger partial charge is 0.489 e. The molecule has 0 saturated heterocycles. The first-order chi connectivity index (χ1) is 9.33. The van der Waals surface area contributed by atoms with Gasteiger partial charge in [0.05, 0.1) is 12.0 Å². The summed E-state index contributed by atoms with van der Waals surface area (Å²) in [5.74, 6) is 0.760. The van der Waals surface area contributed by atoms with E-state index in [0.717, 1.165) is 23.3 Å². The average molecular weight is 251 g/mol. The van der Waals surface area contributed by atoms with Gasteiger partial charge in [-0.25, -0.2) is 0 Å². The first-order valence-electron chi connectivity index (χ1n) is 6.49. The molecule has 0 aromatic heterocycles. The van der Waals surface area contributed by atoms with E-state index in [4.69, 9.17) is 10.00 Å². The van der Waals surface area contributed by atoms with Crippen LogP contribution in [0.15, 0.2) is 54.6 Å². The maximum Gasteiger partial charge on any atom is 0.120 e. The fourth-order valence-corrected chi connectivity index (χ4v) is 1.96. The standard InChI is InChI=1S/C17H17NO/c1-2-15(12-18)16-9-6-10-17(11-16)19-13-14-7-4-3-5-8-14/h3-11,15H,2,13H2,1H3. The van der Waals surface area contributed by atoms with Crippen molar-refractivity contribution in [1.29, 1.82) is 5.26 Å². The van der Waals surface area contributed by atoms with Gasteiger partial charge in [-0.1, -0.05) is 49.4 Å². The molecule has 0 aliphatic heterocycles. The second-order valence-electron chi connectivity index (χ2n) is 4.44. The first-order valence-corrected chi connectivity index (χ1v) is 6.49. The summed E-state index contributed by atoms with van der Waals surface area (Å²) >= 11 is 0. The third-order valence-electron chi connectivity index (χ3n) is 3.07. The third kappa shape index (κ3) is 3.59. The SMILES string of the molecule is CCC(C#N)c1cccc(OCc2ccccc2)c1. The number of hydrogen-bond donors (Lipinski definition) is 0. The van der Waals surface area contributed by atoms with Gasteiger partial charge in [0.15, 0.2) is 0 Å². The molecule has 0 N–H and O–H groups in total. The van der Waals surface area contributed by atoms with Gasteiger partial charge in [-0.15, -0.1) is 0 Å². The lowest BCUT2D eigenvalue weighted by Gasteiger charge is -2.10. The fourth-order valence-electron chi connectivity index (χ4n) is 1.96. The van der Waals surface area contributed by atoms with Crippen molar-refractivity contribution < 1.29 is 4.74 Å². The van der Waals surface area contributed by atoms with E-state index in [1.54, 1.807) is 0 Å². The van der Waals surface area contributed by atoms with Crippen LogP contribution in [0.4, 0.5) is 0 Å². The average Bonchev–Trinajstić information content (AvgIpc) is 2.48. The topological polar surface area (TPSA) is 33.0 Å². The van der Waals surface area contributed by atoms with Crippen molar-refractivity contribution in [3.05, 3.63) is 65.7 Å². The second-order valence-corrected chi connectivity index (χ2v) is 4.44. The van der Waals surface area contributed by atoms with Gasteiger partial charge in [-0.3, -0.25) is 0 Å². The number of benzene rings is 2. The van der Waals surface area contributed by atoms with Crippen molar-refractivity contribution in [2.24, 2.45) is 0 Å². The van der Waals surface area contributed by atoms with Crippen molar-refractivity contribution in [2.45, 2.75) is 25.9 Å². The van der Waals surface area contributed by atoms with Crippen LogP contribution in [0.25, 0.3) is 0 Å². The van der Waals surface area contributed by atoms with Crippen LogP contribution in [0.5, 0.6) is 5.75 Å². The molecule has 0 fully saturated rings. The number of rotatable bonds is 5. The molecule has 0 spiro atoms. The summed E-state index contributed by atoms with van der Waals surface area (Å²) in [5, 5.41) is 9.09. The summed E-state index contributed by atoms with van der Waals surface area (Å²) in [6.07, 6.45) is 0.818. The maximum absolute atomic E-state index is 9.09. The molecule has 2 rings (SSSR count). The lowest BCUT2D eigenvalue weighted by molar-refractivity contribution is 0.306. The van der Waals surface area contributed by atoms with Gasteiger partial charge in [0.2, 0.25) is 0 Å². The lowest BCUT2D eigenvalue weighted by Crippen LogP contribution is -1.97. The van der Waals surface area contributed by atoms with E-state index in [0.29, 0.717) is 6.61 Å². The van der Waals surface area contributed by atoms with Crippen LogP contribution < -0.4 is 4.74 Å². The predicted molar refractivity (Wildman–Crippen MR) is 75.9 cm³/mol. The zero-order chi connectivity index (χ0) is 13.5. The zero-order valence-electron chi connectivity index (χ0n) is 11.0. The number of nitriles is 1. The van der Waals surface area contributed by atoms with Gasteiger partial charge in [0.25, 0.3) is 0 Å². The molecule has 0 bridgehead atoms. The molecule has 1 unspecified atom stereocenters. The third-order valence-corrected chi connectivity index (χ3v) is 3.07. The molecular weight excluding hydrogens is 234 g/mol. The first kappa shape index (κ1) is 13.2. The Hall–Kier alpha value is -2.27. The van der Waals surface area contributed by atoms with Crippen molar-refractivity contribution in [3.8, 4) is 11.8 Å². The van der Waals surface area contributed by atoms with Crippen LogP contribution in [-0.4, -0.2) is 0 Å². The van der Waals surface area contributed by atoms with E-state index >= 15 is 0 Å². The molecule has 0 saturated carbocycles. The minimum Gasteiger partial charge on any atom is -0.489 e. The summed E-state index contributed by atoms with van der Waals surface area (Å²) in [4.78, 5) is 0. The van der Waals surface area contributed by atoms with Gasteiger partial charge >= 0.3 is 0 Å². The Morgan fingerprint density at radius 2 is 1.89 bits per heavy atom. The smallest absolute Gasteiger partial charge is 0.120 e. The van der Waals surface area contributed by atoms with Crippen LogP contribution >= 0.6 is 0 Å². The van der Waals surface area contributed by atoms with E-state index in [9.17, 15) is 0 Å². The quantitative estimate of drug-likeness (QED) is 0.794. The van der Waals surface area contributed by atoms with Crippen molar-refractivity contribution in [3.63, 3.8) is 0 Å². The van der Waals surface area contributed by atoms with Crippen molar-refractivity contribution in [2.75, 3.05) is 0 Å². The monoisotopic (exact) mass is 251 g/mol. The maximum atomic E-state index is 9.09. The Morgan fingerprint density at radius 3 is 2.58 bits per heavy atom. The molecule has 1 atom stereocenters. The molecular formula is C17H17NO. The van der Waals surface area contributed by atoms with E-state index in [1.165, 1.54) is 0 Å². The normalized spacial score (nSPS) is 11.6. The van der Waals surface area contributed by atoms with Crippen LogP contribution in [0.1, 0.15) is 30.4 Å². The molecule has 0 heterocycles. The molecule has 0 aliphatic rings. The fraction of sp³-hybridized carbons (Fsp3) is 0.235. The highest BCUT2D eigenvalue weighted by atomic mass is 16.5. The summed E-state index contributed by atoms with van der Waals surface area (Å²) in [6, 6.07) is 20.2. The molecule has 2 aromatic carbocycles. The summed E-state index contributed by atoms with van der Waals surface area (Å²) in [5.41, 5.74) is 2.16. The minimum absolute atomic E-state index is 0.0553. The lowest BCUT2D eigenvalue weighted by atomic mass is 9.98. The highest BCUT2D eigenvalue weighted by molar-refractivity contribution is 5.33. The van der Waals surface area contributed by atoms with E-state index in [-0.39, 0.29) is 5.92 Å². The highest BCUT2D eigenvalue weighted by Gasteiger charge is 2.08. The van der Waals surface area contributed by atoms with Crippen molar-refractivity contribution in [1.82, 2.24) is 0 Å². The van der Waals surface area contributed by atoms with Crippen LogP contribution in [0.2, 0.25) is 0 Å². The molecule has 96 valence electrons. The van der Waals surface area contributed by atoms with E-state index < -0.39 is 0 Å². The Bertz CT molecular complexity index is 557. The second kappa shape index (κ2) is 6.61. The number of ether oxygens (including phenoxy) is 1. The molecule has 2 aromatic rings. The molecule has 0 amide bonds. The van der Waals surface area contributed by atoms with Gasteiger partial charge in [-0.2, -0.15) is 5.26 Å². The minimum atomic E-state index is -0.0553. The van der Waals surface area contributed by atoms with Gasteiger partial charge in [0.1, 0.15) is 12.4 Å². The van der Waals surface area contributed by atoms with Gasteiger partial charge in [-0.05, 0) is 29.7 Å². The molecule has 2 heteroatoms. The van der Waals surface area contributed by atoms with Crippen LogP contribution in [0, 0.1) is 11.3 Å². The molecule has 0 radical (unpaired) electrons. The summed E-state index contributed by atoms with van der Waals surface area (Å²) < 4.78 is 5.76. The predicted octanol–water partition coefficient (Wildman–Crippen LogP) is 4.28. The summed E-state index contributed by atoms with van der Waals surface area (Å²) in [6.45, 7) is 2.57. The number of nitrogens with zero attached hydrogens (tertiary/aromatic N) is 1. The number of hydrogen-bond acceptors (Lipinski definition) is 2. The molecule has 0 aliphatic carbocycles. The Morgan fingerprint density at radius 1 is 1.11 bits per heavy atom. The van der Waals surface area contributed by atoms with Crippen LogP contribution in [0.3, 0.4) is 0 Å².